The van der Waals surface area contributed by atoms with E-state index in [2.05, 4.69) is 58.9 Å². The number of thiazole rings is 1. The molecule has 0 saturated heterocycles. The number of halogens is 1. The van der Waals surface area contributed by atoms with Gasteiger partial charge in [-0.2, -0.15) is 0 Å². The van der Waals surface area contributed by atoms with Crippen molar-refractivity contribution in [2.24, 2.45) is 4.99 Å². The summed E-state index contributed by atoms with van der Waals surface area (Å²) in [6, 6.07) is 4.49. The van der Waals surface area contributed by atoms with Gasteiger partial charge in [0.15, 0.2) is 5.96 Å². The summed E-state index contributed by atoms with van der Waals surface area (Å²) in [6.07, 6.45) is 2.81. The zero-order valence-corrected chi connectivity index (χ0v) is 17.1. The Morgan fingerprint density at radius 1 is 1.45 bits per heavy atom. The first-order chi connectivity index (χ1) is 10.2. The number of hydrogen-bond acceptors (Lipinski definition) is 4. The van der Waals surface area contributed by atoms with Gasteiger partial charge in [0, 0.05) is 35.5 Å². The molecule has 2 N–H and O–H groups in total. The van der Waals surface area contributed by atoms with E-state index in [1.54, 1.807) is 22.7 Å². The molecule has 0 spiro atoms. The molecule has 22 heavy (non-hydrogen) atoms. The van der Waals surface area contributed by atoms with Crippen molar-refractivity contribution < 1.29 is 0 Å². The SMILES string of the molecule is CCNC(=NCCc1ncc(C)s1)NC(C)c1cccs1.I. The van der Waals surface area contributed by atoms with Gasteiger partial charge in [-0.05, 0) is 32.2 Å². The Hall–Kier alpha value is -0.670. The quantitative estimate of drug-likeness (QED) is 0.398. The van der Waals surface area contributed by atoms with Crippen molar-refractivity contribution in [3.05, 3.63) is 38.5 Å². The fourth-order valence-corrected chi connectivity index (χ4v) is 3.42. The summed E-state index contributed by atoms with van der Waals surface area (Å²) in [4.78, 5) is 11.6. The number of aromatic nitrogens is 1. The summed E-state index contributed by atoms with van der Waals surface area (Å²) >= 11 is 3.51. The first kappa shape index (κ1) is 19.4. The molecule has 1 atom stereocenters. The van der Waals surface area contributed by atoms with Gasteiger partial charge in [0.25, 0.3) is 0 Å². The molecule has 0 aromatic carbocycles. The van der Waals surface area contributed by atoms with Gasteiger partial charge in [-0.25, -0.2) is 4.98 Å². The molecular formula is C15H23IN4S2. The van der Waals surface area contributed by atoms with Crippen LogP contribution in [0.4, 0.5) is 0 Å². The van der Waals surface area contributed by atoms with Crippen molar-refractivity contribution in [1.29, 1.82) is 0 Å². The molecule has 2 heterocycles. The third-order valence-electron chi connectivity index (χ3n) is 2.93. The molecule has 0 aliphatic rings. The summed E-state index contributed by atoms with van der Waals surface area (Å²) in [5.41, 5.74) is 0. The van der Waals surface area contributed by atoms with E-state index in [1.165, 1.54) is 9.75 Å². The third-order valence-corrected chi connectivity index (χ3v) is 4.96. The van der Waals surface area contributed by atoms with Crippen LogP contribution in [0.25, 0.3) is 0 Å². The highest BCUT2D eigenvalue weighted by Crippen LogP contribution is 2.17. The lowest BCUT2D eigenvalue weighted by atomic mass is 10.3. The van der Waals surface area contributed by atoms with Crippen LogP contribution in [0.2, 0.25) is 0 Å². The monoisotopic (exact) mass is 450 g/mol. The highest BCUT2D eigenvalue weighted by atomic mass is 127. The topological polar surface area (TPSA) is 49.3 Å². The normalized spacial score (nSPS) is 12.6. The van der Waals surface area contributed by atoms with Crippen LogP contribution < -0.4 is 10.6 Å². The van der Waals surface area contributed by atoms with E-state index in [9.17, 15) is 0 Å². The Balaban J connectivity index is 0.00000242. The van der Waals surface area contributed by atoms with Crippen LogP contribution in [0.1, 0.15) is 34.7 Å². The molecule has 7 heteroatoms. The predicted octanol–water partition coefficient (Wildman–Crippen LogP) is 3.99. The Labute approximate surface area is 157 Å². The number of nitrogens with zero attached hydrogens (tertiary/aromatic N) is 2. The lowest BCUT2D eigenvalue weighted by Crippen LogP contribution is -2.38. The lowest BCUT2D eigenvalue weighted by Gasteiger charge is -2.16. The largest absolute Gasteiger partial charge is 0.357 e. The molecule has 0 aliphatic heterocycles. The van der Waals surface area contributed by atoms with Gasteiger partial charge in [0.1, 0.15) is 0 Å². The zero-order valence-electron chi connectivity index (χ0n) is 13.1. The van der Waals surface area contributed by atoms with Crippen LogP contribution in [0, 0.1) is 6.92 Å². The Morgan fingerprint density at radius 2 is 2.27 bits per heavy atom. The second kappa shape index (κ2) is 10.2. The Kier molecular flexibility index (Phi) is 8.96. The second-order valence-corrected chi connectivity index (χ2v) is 7.06. The molecule has 0 radical (unpaired) electrons. The minimum atomic E-state index is 0. The molecule has 122 valence electrons. The van der Waals surface area contributed by atoms with Gasteiger partial charge < -0.3 is 10.6 Å². The Bertz CT molecular complexity index is 566. The van der Waals surface area contributed by atoms with E-state index in [0.29, 0.717) is 0 Å². The average Bonchev–Trinajstić information content (AvgIpc) is 3.10. The molecule has 0 bridgehead atoms. The summed E-state index contributed by atoms with van der Waals surface area (Å²) in [5.74, 6) is 0.867. The maximum Gasteiger partial charge on any atom is 0.191 e. The van der Waals surface area contributed by atoms with E-state index in [0.717, 1.165) is 30.5 Å². The fourth-order valence-electron chi connectivity index (χ4n) is 1.91. The summed E-state index contributed by atoms with van der Waals surface area (Å²) in [7, 11) is 0. The van der Waals surface area contributed by atoms with E-state index < -0.39 is 0 Å². The van der Waals surface area contributed by atoms with Gasteiger partial charge in [-0.3, -0.25) is 4.99 Å². The minimum Gasteiger partial charge on any atom is -0.357 e. The van der Waals surface area contributed by atoms with Crippen molar-refractivity contribution in [1.82, 2.24) is 15.6 Å². The number of thiophene rings is 1. The van der Waals surface area contributed by atoms with Crippen LogP contribution in [0.15, 0.2) is 28.7 Å². The van der Waals surface area contributed by atoms with Crippen LogP contribution in [-0.4, -0.2) is 24.0 Å². The minimum absolute atomic E-state index is 0. The second-order valence-electron chi connectivity index (χ2n) is 4.76. The summed E-state index contributed by atoms with van der Waals surface area (Å²) < 4.78 is 0. The zero-order chi connectivity index (χ0) is 15.1. The molecular weight excluding hydrogens is 427 g/mol. The molecule has 2 aromatic heterocycles. The fraction of sp³-hybridized carbons (Fsp3) is 0.467. The van der Waals surface area contributed by atoms with Gasteiger partial charge in [0.2, 0.25) is 0 Å². The van der Waals surface area contributed by atoms with Crippen LogP contribution >= 0.6 is 46.7 Å². The molecule has 0 amide bonds. The van der Waals surface area contributed by atoms with Gasteiger partial charge in [-0.15, -0.1) is 46.7 Å². The van der Waals surface area contributed by atoms with E-state index in [1.807, 2.05) is 6.20 Å². The standard InChI is InChI=1S/C15H22N4S2.HI/c1-4-16-15(19-12(3)13-6-5-9-20-13)17-8-7-14-18-10-11(2)21-14;/h5-6,9-10,12H,4,7-8H2,1-3H3,(H2,16,17,19);1H. The van der Waals surface area contributed by atoms with E-state index >= 15 is 0 Å². The van der Waals surface area contributed by atoms with Crippen molar-refractivity contribution >= 4 is 52.6 Å². The highest BCUT2D eigenvalue weighted by molar-refractivity contribution is 14.0. The molecule has 2 rings (SSSR count). The van der Waals surface area contributed by atoms with Gasteiger partial charge >= 0.3 is 0 Å². The summed E-state index contributed by atoms with van der Waals surface area (Å²) in [6.45, 7) is 7.93. The lowest BCUT2D eigenvalue weighted by molar-refractivity contribution is 0.697. The first-order valence-electron chi connectivity index (χ1n) is 7.18. The Morgan fingerprint density at radius 3 is 2.86 bits per heavy atom. The maximum absolute atomic E-state index is 4.63. The van der Waals surface area contributed by atoms with Crippen molar-refractivity contribution in [2.75, 3.05) is 13.1 Å². The highest BCUT2D eigenvalue weighted by Gasteiger charge is 2.08. The molecule has 4 nitrogen and oxygen atoms in total. The molecule has 2 aromatic rings. The van der Waals surface area contributed by atoms with Crippen LogP contribution in [0.5, 0.6) is 0 Å². The van der Waals surface area contributed by atoms with Gasteiger partial charge in [0.05, 0.1) is 11.0 Å². The van der Waals surface area contributed by atoms with E-state index in [4.69, 9.17) is 0 Å². The first-order valence-corrected chi connectivity index (χ1v) is 8.88. The van der Waals surface area contributed by atoms with Crippen molar-refractivity contribution in [3.8, 4) is 0 Å². The van der Waals surface area contributed by atoms with Crippen molar-refractivity contribution in [2.45, 2.75) is 33.2 Å². The maximum atomic E-state index is 4.63. The van der Waals surface area contributed by atoms with Crippen molar-refractivity contribution in [3.63, 3.8) is 0 Å². The van der Waals surface area contributed by atoms with Gasteiger partial charge in [-0.1, -0.05) is 6.07 Å². The number of aliphatic imine (C=N–C) groups is 1. The number of aryl methyl sites for hydroxylation is 1. The molecule has 1 unspecified atom stereocenters. The number of hydrogen-bond donors (Lipinski definition) is 2. The molecule has 0 fully saturated rings. The molecule has 0 aliphatic carbocycles. The van der Waals surface area contributed by atoms with Crippen LogP contribution in [-0.2, 0) is 6.42 Å². The summed E-state index contributed by atoms with van der Waals surface area (Å²) in [5, 5.41) is 9.99. The molecule has 0 saturated carbocycles. The smallest absolute Gasteiger partial charge is 0.191 e. The third kappa shape index (κ3) is 6.21. The van der Waals surface area contributed by atoms with E-state index in [-0.39, 0.29) is 30.0 Å². The average molecular weight is 450 g/mol. The number of rotatable bonds is 6. The number of nitrogens with one attached hydrogen (secondary N) is 2. The predicted molar refractivity (Wildman–Crippen MR) is 108 cm³/mol. The van der Waals surface area contributed by atoms with Crippen LogP contribution in [0.3, 0.4) is 0 Å². The number of guanidine groups is 1.